The summed E-state index contributed by atoms with van der Waals surface area (Å²) in [5, 5.41) is 23.5. The van der Waals surface area contributed by atoms with E-state index in [0.717, 1.165) is 11.1 Å². The van der Waals surface area contributed by atoms with Gasteiger partial charge in [0.25, 0.3) is 5.91 Å². The molecule has 6 heteroatoms. The lowest BCUT2D eigenvalue weighted by atomic mass is 10.0. The lowest BCUT2D eigenvalue weighted by Gasteiger charge is -2.33. The van der Waals surface area contributed by atoms with Gasteiger partial charge in [-0.05, 0) is 18.6 Å². The molecule has 2 aromatic heterocycles. The fourth-order valence-electron chi connectivity index (χ4n) is 2.63. The zero-order valence-corrected chi connectivity index (χ0v) is 11.2. The molecule has 1 saturated heterocycles. The molecule has 106 valence electrons. The highest BCUT2D eigenvalue weighted by atomic mass is 16.3. The summed E-state index contributed by atoms with van der Waals surface area (Å²) in [6.07, 6.45) is 2.35. The Morgan fingerprint density at radius 2 is 2.00 bits per heavy atom. The largest absolute Gasteiger partial charge is 0.391 e. The highest BCUT2D eigenvalue weighted by Crippen LogP contribution is 2.18. The first kappa shape index (κ1) is 13.1. The summed E-state index contributed by atoms with van der Waals surface area (Å²) in [5.74, 6) is -0.207. The van der Waals surface area contributed by atoms with Gasteiger partial charge in [0.05, 0.1) is 29.5 Å². The van der Waals surface area contributed by atoms with Crippen LogP contribution in [0.15, 0.2) is 24.5 Å². The van der Waals surface area contributed by atoms with E-state index in [0.29, 0.717) is 12.0 Å². The van der Waals surface area contributed by atoms with Crippen molar-refractivity contribution < 1.29 is 15.0 Å². The van der Waals surface area contributed by atoms with Crippen molar-refractivity contribution in [3.8, 4) is 0 Å². The van der Waals surface area contributed by atoms with Crippen molar-refractivity contribution in [1.29, 1.82) is 0 Å². The summed E-state index contributed by atoms with van der Waals surface area (Å²) < 4.78 is 1.67. The van der Waals surface area contributed by atoms with Crippen LogP contribution in [0.5, 0.6) is 0 Å². The predicted octanol–water partition coefficient (Wildman–Crippen LogP) is 0.210. The molecule has 0 spiro atoms. The Labute approximate surface area is 116 Å². The van der Waals surface area contributed by atoms with Crippen molar-refractivity contribution in [2.45, 2.75) is 25.6 Å². The third kappa shape index (κ3) is 2.28. The molecule has 0 unspecified atom stereocenters. The van der Waals surface area contributed by atoms with E-state index in [2.05, 4.69) is 5.10 Å². The smallest absolute Gasteiger partial charge is 0.257 e. The molecule has 1 fully saturated rings. The average molecular weight is 275 g/mol. The number of aliphatic hydroxyl groups is 2. The molecule has 0 aliphatic carbocycles. The number of pyridine rings is 1. The lowest BCUT2D eigenvalue weighted by Crippen LogP contribution is -2.48. The number of hydrogen-bond acceptors (Lipinski definition) is 4. The molecule has 2 atom stereocenters. The summed E-state index contributed by atoms with van der Waals surface area (Å²) in [5.41, 5.74) is 2.28. The number of aliphatic hydroxyl groups excluding tert-OH is 2. The van der Waals surface area contributed by atoms with Gasteiger partial charge in [0, 0.05) is 25.7 Å². The minimum Gasteiger partial charge on any atom is -0.391 e. The molecule has 3 rings (SSSR count). The number of carbonyl (C=O) groups excluding carboxylic acids is 1. The number of hydrogen-bond donors (Lipinski definition) is 2. The Bertz CT molecular complexity index is 642. The molecule has 1 amide bonds. The third-order valence-corrected chi connectivity index (χ3v) is 3.59. The van der Waals surface area contributed by atoms with Crippen molar-refractivity contribution in [3.63, 3.8) is 0 Å². The summed E-state index contributed by atoms with van der Waals surface area (Å²) >= 11 is 0. The van der Waals surface area contributed by atoms with Gasteiger partial charge in [-0.3, -0.25) is 4.79 Å². The second-order valence-corrected chi connectivity index (χ2v) is 5.35. The Morgan fingerprint density at radius 3 is 2.70 bits per heavy atom. The molecular formula is C14H17N3O3. The number of rotatable bonds is 1. The summed E-state index contributed by atoms with van der Waals surface area (Å²) in [6, 6.07) is 3.78. The van der Waals surface area contributed by atoms with Crippen LogP contribution >= 0.6 is 0 Å². The molecule has 2 aromatic rings. The van der Waals surface area contributed by atoms with E-state index in [1.807, 2.05) is 25.3 Å². The van der Waals surface area contributed by atoms with Crippen LogP contribution in [0, 0.1) is 6.92 Å². The summed E-state index contributed by atoms with van der Waals surface area (Å²) in [6.45, 7) is 2.46. The summed E-state index contributed by atoms with van der Waals surface area (Å²) in [4.78, 5) is 14.0. The number of nitrogens with zero attached hydrogens (tertiary/aromatic N) is 3. The molecule has 0 saturated carbocycles. The van der Waals surface area contributed by atoms with Crippen molar-refractivity contribution in [2.24, 2.45) is 0 Å². The number of likely N-dealkylation sites (tertiary alicyclic amines) is 1. The van der Waals surface area contributed by atoms with Gasteiger partial charge in [-0.1, -0.05) is 6.07 Å². The molecule has 6 nitrogen and oxygen atoms in total. The van der Waals surface area contributed by atoms with E-state index in [1.54, 1.807) is 4.52 Å². The Kier molecular flexibility index (Phi) is 3.19. The van der Waals surface area contributed by atoms with Crippen molar-refractivity contribution in [1.82, 2.24) is 14.5 Å². The summed E-state index contributed by atoms with van der Waals surface area (Å²) in [7, 11) is 0. The molecular weight excluding hydrogens is 258 g/mol. The van der Waals surface area contributed by atoms with E-state index in [4.69, 9.17) is 0 Å². The Hall–Kier alpha value is -1.92. The topological polar surface area (TPSA) is 78.1 Å². The third-order valence-electron chi connectivity index (χ3n) is 3.59. The maximum atomic E-state index is 12.5. The van der Waals surface area contributed by atoms with Gasteiger partial charge >= 0.3 is 0 Å². The molecule has 1 aliphatic rings. The number of carbonyl (C=O) groups is 1. The van der Waals surface area contributed by atoms with E-state index >= 15 is 0 Å². The molecule has 20 heavy (non-hydrogen) atoms. The van der Waals surface area contributed by atoms with E-state index in [1.165, 1.54) is 11.1 Å². The molecule has 0 bridgehead atoms. The SMILES string of the molecule is Cc1ccc2c(C(=O)N3C[C@H](O)C[C@@H](O)C3)cnn2c1. The van der Waals surface area contributed by atoms with Gasteiger partial charge in [-0.25, -0.2) is 4.52 Å². The van der Waals surface area contributed by atoms with Crippen LogP contribution in [0.3, 0.4) is 0 Å². The number of amides is 1. The number of fused-ring (bicyclic) bond motifs is 1. The maximum absolute atomic E-state index is 12.5. The highest BCUT2D eigenvalue weighted by molar-refractivity contribution is 6.00. The highest BCUT2D eigenvalue weighted by Gasteiger charge is 2.29. The van der Waals surface area contributed by atoms with Crippen molar-refractivity contribution in [2.75, 3.05) is 13.1 Å². The first-order valence-electron chi connectivity index (χ1n) is 6.64. The maximum Gasteiger partial charge on any atom is 0.257 e. The normalized spacial score (nSPS) is 23.2. The van der Waals surface area contributed by atoms with Gasteiger partial charge in [0.1, 0.15) is 0 Å². The van der Waals surface area contributed by atoms with Crippen LogP contribution in [0.2, 0.25) is 0 Å². The van der Waals surface area contributed by atoms with Crippen LogP contribution in [0.4, 0.5) is 0 Å². The zero-order chi connectivity index (χ0) is 14.3. The predicted molar refractivity (Wildman–Crippen MR) is 72.5 cm³/mol. The Morgan fingerprint density at radius 1 is 1.30 bits per heavy atom. The quantitative estimate of drug-likeness (QED) is 0.780. The molecule has 0 radical (unpaired) electrons. The minimum absolute atomic E-state index is 0.207. The van der Waals surface area contributed by atoms with Crippen LogP contribution in [-0.2, 0) is 0 Å². The fourth-order valence-corrected chi connectivity index (χ4v) is 2.63. The van der Waals surface area contributed by atoms with Crippen LogP contribution < -0.4 is 0 Å². The van der Waals surface area contributed by atoms with Gasteiger partial charge in [0.15, 0.2) is 0 Å². The van der Waals surface area contributed by atoms with E-state index in [9.17, 15) is 15.0 Å². The fraction of sp³-hybridized carbons (Fsp3) is 0.429. The monoisotopic (exact) mass is 275 g/mol. The van der Waals surface area contributed by atoms with E-state index in [-0.39, 0.29) is 19.0 Å². The van der Waals surface area contributed by atoms with Crippen molar-refractivity contribution >= 4 is 11.4 Å². The van der Waals surface area contributed by atoms with Crippen LogP contribution in [0.25, 0.3) is 5.52 Å². The second kappa shape index (κ2) is 4.88. The van der Waals surface area contributed by atoms with Crippen LogP contribution in [0.1, 0.15) is 22.3 Å². The van der Waals surface area contributed by atoms with Gasteiger partial charge in [-0.2, -0.15) is 5.10 Å². The molecule has 2 N–H and O–H groups in total. The van der Waals surface area contributed by atoms with E-state index < -0.39 is 12.2 Å². The number of piperidine rings is 1. The van der Waals surface area contributed by atoms with Gasteiger partial charge in [0.2, 0.25) is 0 Å². The number of aromatic nitrogens is 2. The second-order valence-electron chi connectivity index (χ2n) is 5.35. The van der Waals surface area contributed by atoms with Crippen LogP contribution in [-0.4, -0.2) is 55.9 Å². The van der Waals surface area contributed by atoms with Gasteiger partial charge < -0.3 is 15.1 Å². The standard InChI is InChI=1S/C14H17N3O3/c1-9-2-3-13-12(5-15-17(13)6-9)14(20)16-7-10(18)4-11(19)8-16/h2-3,5-6,10-11,18-19H,4,7-8H2,1H3/t10-,11-/m1/s1. The molecule has 1 aliphatic heterocycles. The molecule has 0 aromatic carbocycles. The van der Waals surface area contributed by atoms with Gasteiger partial charge in [-0.15, -0.1) is 0 Å². The number of β-amino-alcohol motifs (C(OH)–C–C–N with tert-alkyl or cyclic N) is 2. The zero-order valence-electron chi connectivity index (χ0n) is 11.2. The first-order valence-corrected chi connectivity index (χ1v) is 6.64. The average Bonchev–Trinajstić information content (AvgIpc) is 2.79. The van der Waals surface area contributed by atoms with Crippen molar-refractivity contribution in [3.05, 3.63) is 35.7 Å². The minimum atomic E-state index is -0.674. The number of aryl methyl sites for hydroxylation is 1. The Balaban J connectivity index is 1.92. The molecule has 3 heterocycles. The first-order chi connectivity index (χ1) is 9.54. The lowest BCUT2D eigenvalue weighted by molar-refractivity contribution is -0.00377.